The Bertz CT molecular complexity index is 1010. The topological polar surface area (TPSA) is 83.6 Å². The van der Waals surface area contributed by atoms with Crippen LogP contribution in [0.4, 0.5) is 15.6 Å². The largest absolute Gasteiger partial charge is 0.494 e. The summed E-state index contributed by atoms with van der Waals surface area (Å²) in [6, 6.07) is 14.5. The molecule has 1 aromatic heterocycles. The number of fused-ring (bicyclic) bond motifs is 1. The van der Waals surface area contributed by atoms with Crippen LogP contribution in [0.25, 0.3) is 10.2 Å². The predicted octanol–water partition coefficient (Wildman–Crippen LogP) is 3.62. The van der Waals surface area contributed by atoms with E-state index in [2.05, 4.69) is 15.6 Å². The normalized spacial score (nSPS) is 16.4. The summed E-state index contributed by atoms with van der Waals surface area (Å²) in [5, 5.41) is 6.13. The Balaban J connectivity index is 1.38. The number of ether oxygens (including phenoxy) is 1. The number of amides is 3. The van der Waals surface area contributed by atoms with Gasteiger partial charge in [0.15, 0.2) is 5.13 Å². The van der Waals surface area contributed by atoms with E-state index >= 15 is 0 Å². The molecule has 0 aliphatic carbocycles. The summed E-state index contributed by atoms with van der Waals surface area (Å²) in [6.07, 6.45) is 0.278. The Kier molecular flexibility index (Phi) is 5.12. The van der Waals surface area contributed by atoms with E-state index in [1.54, 1.807) is 4.90 Å². The molecule has 1 saturated heterocycles. The number of aromatic nitrogens is 1. The summed E-state index contributed by atoms with van der Waals surface area (Å²) < 4.78 is 6.43. The molecule has 0 spiro atoms. The molecule has 0 unspecified atom stereocenters. The highest BCUT2D eigenvalue weighted by Gasteiger charge is 2.31. The minimum Gasteiger partial charge on any atom is -0.494 e. The number of hydrogen-bond acceptors (Lipinski definition) is 5. The third-order valence-electron chi connectivity index (χ3n) is 4.42. The molecule has 28 heavy (non-hydrogen) atoms. The molecule has 0 bridgehead atoms. The van der Waals surface area contributed by atoms with Crippen LogP contribution in [0.1, 0.15) is 13.3 Å². The van der Waals surface area contributed by atoms with Crippen LogP contribution < -0.4 is 20.3 Å². The lowest BCUT2D eigenvalue weighted by atomic mass is 10.2. The Morgan fingerprint density at radius 3 is 2.89 bits per heavy atom. The minimum absolute atomic E-state index is 0.0000550. The maximum Gasteiger partial charge on any atom is 0.321 e. The maximum atomic E-state index is 12.4. The Morgan fingerprint density at radius 2 is 2.11 bits per heavy atom. The molecule has 1 fully saturated rings. The summed E-state index contributed by atoms with van der Waals surface area (Å²) in [7, 11) is 0. The van der Waals surface area contributed by atoms with E-state index in [0.717, 1.165) is 21.7 Å². The number of hydrogen-bond donors (Lipinski definition) is 2. The number of rotatable bonds is 5. The van der Waals surface area contributed by atoms with Crippen LogP contribution >= 0.6 is 11.3 Å². The SMILES string of the molecule is CCOc1ccc2nc(NC(=O)N[C@@H]3CC(=O)N(c4ccccc4)C3)sc2c1. The first kappa shape index (κ1) is 18.2. The highest BCUT2D eigenvalue weighted by molar-refractivity contribution is 7.22. The summed E-state index contributed by atoms with van der Waals surface area (Å²) in [4.78, 5) is 30.7. The van der Waals surface area contributed by atoms with Gasteiger partial charge in [0.05, 0.1) is 22.9 Å². The zero-order chi connectivity index (χ0) is 19.5. The predicted molar refractivity (Wildman–Crippen MR) is 110 cm³/mol. The summed E-state index contributed by atoms with van der Waals surface area (Å²) in [6.45, 7) is 2.98. The second-order valence-corrected chi connectivity index (χ2v) is 7.45. The number of nitrogens with one attached hydrogen (secondary N) is 2. The molecule has 0 radical (unpaired) electrons. The molecular weight excluding hydrogens is 376 g/mol. The molecular formula is C20H20N4O3S. The third kappa shape index (κ3) is 3.91. The Labute approximate surface area is 166 Å². The summed E-state index contributed by atoms with van der Waals surface area (Å²) in [5.74, 6) is 0.778. The van der Waals surface area contributed by atoms with Gasteiger partial charge in [-0.05, 0) is 37.3 Å². The molecule has 2 heterocycles. The average molecular weight is 396 g/mol. The number of carbonyl (C=O) groups excluding carboxylic acids is 2. The smallest absolute Gasteiger partial charge is 0.321 e. The van der Waals surface area contributed by atoms with Gasteiger partial charge in [-0.25, -0.2) is 9.78 Å². The molecule has 1 aliphatic heterocycles. The van der Waals surface area contributed by atoms with Gasteiger partial charge in [-0.3, -0.25) is 10.1 Å². The van der Waals surface area contributed by atoms with Crippen molar-refractivity contribution in [2.24, 2.45) is 0 Å². The quantitative estimate of drug-likeness (QED) is 0.690. The fraction of sp³-hybridized carbons (Fsp3) is 0.250. The summed E-state index contributed by atoms with van der Waals surface area (Å²) >= 11 is 1.38. The maximum absolute atomic E-state index is 12.4. The lowest BCUT2D eigenvalue weighted by molar-refractivity contribution is -0.117. The number of benzene rings is 2. The number of anilines is 2. The van der Waals surface area contributed by atoms with Gasteiger partial charge in [-0.2, -0.15) is 0 Å². The molecule has 3 aromatic rings. The van der Waals surface area contributed by atoms with Crippen molar-refractivity contribution >= 4 is 44.3 Å². The highest BCUT2D eigenvalue weighted by Crippen LogP contribution is 2.29. The van der Waals surface area contributed by atoms with Gasteiger partial charge in [-0.15, -0.1) is 0 Å². The average Bonchev–Trinajstić information content (AvgIpc) is 3.24. The van der Waals surface area contributed by atoms with E-state index in [9.17, 15) is 9.59 Å². The molecule has 0 saturated carbocycles. The first-order valence-electron chi connectivity index (χ1n) is 9.08. The molecule has 2 aromatic carbocycles. The van der Waals surface area contributed by atoms with Crippen molar-refractivity contribution in [3.05, 3.63) is 48.5 Å². The van der Waals surface area contributed by atoms with E-state index < -0.39 is 0 Å². The Morgan fingerprint density at radius 1 is 1.29 bits per heavy atom. The van der Waals surface area contributed by atoms with Crippen LogP contribution in [-0.2, 0) is 4.79 Å². The molecule has 1 aliphatic rings. The fourth-order valence-electron chi connectivity index (χ4n) is 3.20. The molecule has 144 valence electrons. The number of urea groups is 1. The van der Waals surface area contributed by atoms with Crippen molar-refractivity contribution in [2.45, 2.75) is 19.4 Å². The van der Waals surface area contributed by atoms with Crippen LogP contribution in [-0.4, -0.2) is 36.1 Å². The van der Waals surface area contributed by atoms with Crippen molar-refractivity contribution in [3.63, 3.8) is 0 Å². The van der Waals surface area contributed by atoms with Gasteiger partial charge in [0, 0.05) is 18.7 Å². The van der Waals surface area contributed by atoms with Gasteiger partial charge in [-0.1, -0.05) is 29.5 Å². The van der Waals surface area contributed by atoms with Crippen LogP contribution in [0.15, 0.2) is 48.5 Å². The number of carbonyl (C=O) groups is 2. The van der Waals surface area contributed by atoms with Gasteiger partial charge in [0.25, 0.3) is 0 Å². The first-order valence-corrected chi connectivity index (χ1v) is 9.90. The molecule has 3 amide bonds. The van der Waals surface area contributed by atoms with Crippen LogP contribution in [0.3, 0.4) is 0 Å². The molecule has 2 N–H and O–H groups in total. The van der Waals surface area contributed by atoms with E-state index in [0.29, 0.717) is 18.3 Å². The number of para-hydroxylation sites is 1. The van der Waals surface area contributed by atoms with E-state index in [1.807, 2.05) is 55.5 Å². The lowest BCUT2D eigenvalue weighted by Gasteiger charge is -2.17. The zero-order valence-electron chi connectivity index (χ0n) is 15.3. The van der Waals surface area contributed by atoms with Crippen LogP contribution in [0.2, 0.25) is 0 Å². The van der Waals surface area contributed by atoms with Gasteiger partial charge in [0.1, 0.15) is 5.75 Å². The minimum atomic E-state index is -0.364. The second kappa shape index (κ2) is 7.85. The first-order chi connectivity index (χ1) is 13.6. The third-order valence-corrected chi connectivity index (χ3v) is 5.35. The monoisotopic (exact) mass is 396 g/mol. The molecule has 7 nitrogen and oxygen atoms in total. The molecule has 4 rings (SSSR count). The van der Waals surface area contributed by atoms with Crippen molar-refractivity contribution in [1.29, 1.82) is 0 Å². The highest BCUT2D eigenvalue weighted by atomic mass is 32.1. The Hall–Kier alpha value is -3.13. The standard InChI is InChI=1S/C20H20N4O3S/c1-2-27-15-8-9-16-17(11-15)28-20(22-16)23-19(26)21-13-10-18(25)24(12-13)14-6-4-3-5-7-14/h3-9,11,13H,2,10,12H2,1H3,(H2,21,22,23,26)/t13-/m1/s1. The van der Waals surface area contributed by atoms with E-state index in [1.165, 1.54) is 11.3 Å². The van der Waals surface area contributed by atoms with Crippen molar-refractivity contribution < 1.29 is 14.3 Å². The fourth-order valence-corrected chi connectivity index (χ4v) is 4.08. The van der Waals surface area contributed by atoms with Gasteiger partial charge in [0.2, 0.25) is 5.91 Å². The lowest BCUT2D eigenvalue weighted by Crippen LogP contribution is -2.39. The number of thiazole rings is 1. The van der Waals surface area contributed by atoms with Gasteiger partial charge < -0.3 is 15.0 Å². The van der Waals surface area contributed by atoms with Crippen molar-refractivity contribution in [2.75, 3.05) is 23.4 Å². The van der Waals surface area contributed by atoms with E-state index in [-0.39, 0.29) is 24.4 Å². The van der Waals surface area contributed by atoms with Crippen LogP contribution in [0.5, 0.6) is 5.75 Å². The van der Waals surface area contributed by atoms with Gasteiger partial charge >= 0.3 is 6.03 Å². The molecule has 8 heteroatoms. The van der Waals surface area contributed by atoms with E-state index in [4.69, 9.17) is 4.74 Å². The van der Waals surface area contributed by atoms with Crippen LogP contribution in [0, 0.1) is 0 Å². The van der Waals surface area contributed by atoms with Crippen molar-refractivity contribution in [1.82, 2.24) is 10.3 Å². The second-order valence-electron chi connectivity index (χ2n) is 6.42. The zero-order valence-corrected chi connectivity index (χ0v) is 16.2. The number of nitrogens with zero attached hydrogens (tertiary/aromatic N) is 2. The van der Waals surface area contributed by atoms with Crippen molar-refractivity contribution in [3.8, 4) is 5.75 Å². The molecule has 1 atom stereocenters. The summed E-state index contributed by atoms with van der Waals surface area (Å²) in [5.41, 5.74) is 1.64.